The van der Waals surface area contributed by atoms with E-state index in [4.69, 9.17) is 0 Å². The van der Waals surface area contributed by atoms with Crippen molar-refractivity contribution in [3.05, 3.63) is 65.4 Å². The quantitative estimate of drug-likeness (QED) is 0.696. The molecule has 0 bridgehead atoms. The summed E-state index contributed by atoms with van der Waals surface area (Å²) >= 11 is 0. The molecule has 136 valence electrons. The van der Waals surface area contributed by atoms with Gasteiger partial charge in [-0.25, -0.2) is 19.9 Å². The van der Waals surface area contributed by atoms with E-state index in [1.807, 2.05) is 30.9 Å². The van der Waals surface area contributed by atoms with Crippen molar-refractivity contribution in [1.82, 2.24) is 29.8 Å². The highest BCUT2D eigenvalue weighted by atomic mass is 16.2. The van der Waals surface area contributed by atoms with Crippen LogP contribution in [0.3, 0.4) is 0 Å². The topological polar surface area (TPSA) is 84.8 Å². The molecule has 1 aliphatic rings. The third-order valence-electron chi connectivity index (χ3n) is 5.06. The number of pyridine rings is 1. The molecule has 0 aromatic carbocycles. The second kappa shape index (κ2) is 7.19. The average Bonchev–Trinajstić information content (AvgIpc) is 2.93. The first kappa shape index (κ1) is 17.2. The summed E-state index contributed by atoms with van der Waals surface area (Å²) in [6, 6.07) is 3.90. The Kier molecular flexibility index (Phi) is 4.58. The zero-order chi connectivity index (χ0) is 18.8. The van der Waals surface area contributed by atoms with Crippen LogP contribution >= 0.6 is 0 Å². The number of amides is 1. The van der Waals surface area contributed by atoms with Gasteiger partial charge in [-0.15, -0.1) is 0 Å². The minimum Gasteiger partial charge on any atom is -0.337 e. The summed E-state index contributed by atoms with van der Waals surface area (Å²) in [4.78, 5) is 36.3. The molecule has 4 heterocycles. The van der Waals surface area contributed by atoms with Crippen LogP contribution in [-0.2, 0) is 12.8 Å². The molecule has 3 aromatic rings. The maximum Gasteiger partial charge on any atom is 0.272 e. The highest BCUT2D eigenvalue weighted by Gasteiger charge is 2.25. The summed E-state index contributed by atoms with van der Waals surface area (Å²) in [5, 5.41) is 0. The Hall–Kier alpha value is -3.22. The molecular weight excluding hydrogens is 340 g/mol. The van der Waals surface area contributed by atoms with Crippen molar-refractivity contribution in [2.45, 2.75) is 26.7 Å². The van der Waals surface area contributed by atoms with Gasteiger partial charge in [-0.3, -0.25) is 9.78 Å². The molecule has 0 atom stereocenters. The van der Waals surface area contributed by atoms with Crippen LogP contribution in [0.1, 0.15) is 33.0 Å². The Bertz CT molecular complexity index is 989. The van der Waals surface area contributed by atoms with E-state index >= 15 is 0 Å². The lowest BCUT2D eigenvalue weighted by atomic mass is 10.0. The van der Waals surface area contributed by atoms with Crippen LogP contribution < -0.4 is 0 Å². The summed E-state index contributed by atoms with van der Waals surface area (Å²) in [7, 11) is 0. The van der Waals surface area contributed by atoms with Crippen LogP contribution in [0.4, 0.5) is 0 Å². The molecule has 3 aromatic heterocycles. The van der Waals surface area contributed by atoms with Crippen molar-refractivity contribution in [2.75, 3.05) is 13.1 Å². The number of carbonyl (C=O) groups is 1. The fraction of sp³-hybridized carbons (Fsp3) is 0.300. The Morgan fingerprint density at radius 3 is 2.52 bits per heavy atom. The van der Waals surface area contributed by atoms with Gasteiger partial charge in [0.25, 0.3) is 5.91 Å². The largest absolute Gasteiger partial charge is 0.337 e. The molecule has 1 aliphatic heterocycles. The van der Waals surface area contributed by atoms with E-state index in [0.717, 1.165) is 33.8 Å². The van der Waals surface area contributed by atoms with Gasteiger partial charge in [-0.2, -0.15) is 0 Å². The minimum atomic E-state index is -0.0516. The molecule has 0 aliphatic carbocycles. The summed E-state index contributed by atoms with van der Waals surface area (Å²) in [5.41, 5.74) is 6.20. The number of nitrogens with zero attached hydrogens (tertiary/aromatic N) is 6. The van der Waals surface area contributed by atoms with Crippen LogP contribution in [0.25, 0.3) is 11.3 Å². The molecule has 0 saturated heterocycles. The lowest BCUT2D eigenvalue weighted by Gasteiger charge is -2.20. The van der Waals surface area contributed by atoms with Gasteiger partial charge in [0.1, 0.15) is 18.3 Å². The number of fused-ring (bicyclic) bond motifs is 1. The van der Waals surface area contributed by atoms with Gasteiger partial charge in [0, 0.05) is 60.0 Å². The Morgan fingerprint density at radius 1 is 0.963 bits per heavy atom. The molecule has 4 rings (SSSR count). The molecule has 1 amide bonds. The van der Waals surface area contributed by atoms with E-state index in [2.05, 4.69) is 24.9 Å². The molecule has 27 heavy (non-hydrogen) atoms. The monoisotopic (exact) mass is 360 g/mol. The first-order valence-electron chi connectivity index (χ1n) is 8.95. The molecule has 7 nitrogen and oxygen atoms in total. The fourth-order valence-corrected chi connectivity index (χ4v) is 3.39. The van der Waals surface area contributed by atoms with E-state index in [0.29, 0.717) is 31.6 Å². The zero-order valence-corrected chi connectivity index (χ0v) is 15.4. The van der Waals surface area contributed by atoms with Crippen LogP contribution in [0.5, 0.6) is 0 Å². The normalized spacial score (nSPS) is 13.8. The van der Waals surface area contributed by atoms with Gasteiger partial charge in [-0.1, -0.05) is 0 Å². The summed E-state index contributed by atoms with van der Waals surface area (Å²) in [6.45, 7) is 5.01. The summed E-state index contributed by atoms with van der Waals surface area (Å²) in [6.07, 6.45) is 7.99. The van der Waals surface area contributed by atoms with E-state index in [-0.39, 0.29) is 5.91 Å². The van der Waals surface area contributed by atoms with Gasteiger partial charge in [0.2, 0.25) is 0 Å². The molecule has 0 saturated carbocycles. The molecule has 0 spiro atoms. The van der Waals surface area contributed by atoms with Gasteiger partial charge in [0.15, 0.2) is 0 Å². The van der Waals surface area contributed by atoms with Crippen molar-refractivity contribution in [1.29, 1.82) is 0 Å². The predicted molar refractivity (Wildman–Crippen MR) is 100 cm³/mol. The second-order valence-electron chi connectivity index (χ2n) is 6.61. The van der Waals surface area contributed by atoms with Crippen molar-refractivity contribution in [3.63, 3.8) is 0 Å². The average molecular weight is 360 g/mol. The SMILES string of the molecule is Cc1ncnc(C(=O)N2CCc3ncnc(-c4ccncc4)c3CC2)c1C. The third kappa shape index (κ3) is 3.28. The Balaban J connectivity index is 1.62. The standard InChI is InChI=1S/C20H20N6O/c1-13-14(2)22-11-24-18(13)20(27)26-9-5-16-17(6-10-26)23-12-25-19(16)15-3-7-21-8-4-15/h3-4,7-8,11-12H,5-6,9-10H2,1-2H3. The van der Waals surface area contributed by atoms with Crippen LogP contribution in [0, 0.1) is 13.8 Å². The van der Waals surface area contributed by atoms with Gasteiger partial charge < -0.3 is 4.90 Å². The molecule has 7 heteroatoms. The first-order chi connectivity index (χ1) is 13.1. The second-order valence-corrected chi connectivity index (χ2v) is 6.61. The third-order valence-corrected chi connectivity index (χ3v) is 5.06. The highest BCUT2D eigenvalue weighted by molar-refractivity contribution is 5.93. The van der Waals surface area contributed by atoms with E-state index in [1.165, 1.54) is 6.33 Å². The first-order valence-corrected chi connectivity index (χ1v) is 8.95. The maximum absolute atomic E-state index is 13.0. The molecule has 0 unspecified atom stereocenters. The molecule has 0 radical (unpaired) electrons. The lowest BCUT2D eigenvalue weighted by Crippen LogP contribution is -2.34. The van der Waals surface area contributed by atoms with E-state index < -0.39 is 0 Å². The van der Waals surface area contributed by atoms with Crippen LogP contribution in [0.2, 0.25) is 0 Å². The Labute approximate surface area is 157 Å². The maximum atomic E-state index is 13.0. The number of carbonyl (C=O) groups excluding carboxylic acids is 1. The van der Waals surface area contributed by atoms with Crippen molar-refractivity contribution in [2.24, 2.45) is 0 Å². The van der Waals surface area contributed by atoms with Gasteiger partial charge >= 0.3 is 0 Å². The molecular formula is C20H20N6O. The number of hydrogen-bond donors (Lipinski definition) is 0. The zero-order valence-electron chi connectivity index (χ0n) is 15.4. The molecule has 0 fully saturated rings. The fourth-order valence-electron chi connectivity index (χ4n) is 3.39. The van der Waals surface area contributed by atoms with E-state index in [1.54, 1.807) is 18.7 Å². The van der Waals surface area contributed by atoms with Crippen molar-refractivity contribution in [3.8, 4) is 11.3 Å². The predicted octanol–water partition coefficient (Wildman–Crippen LogP) is 2.19. The smallest absolute Gasteiger partial charge is 0.272 e. The van der Waals surface area contributed by atoms with E-state index in [9.17, 15) is 4.79 Å². The lowest BCUT2D eigenvalue weighted by molar-refractivity contribution is 0.0756. The Morgan fingerprint density at radius 2 is 1.70 bits per heavy atom. The minimum absolute atomic E-state index is 0.0516. The van der Waals surface area contributed by atoms with Crippen molar-refractivity contribution < 1.29 is 4.79 Å². The number of aryl methyl sites for hydroxylation is 1. The summed E-state index contributed by atoms with van der Waals surface area (Å²) < 4.78 is 0. The van der Waals surface area contributed by atoms with Gasteiger partial charge in [0.05, 0.1) is 5.69 Å². The van der Waals surface area contributed by atoms with Gasteiger partial charge in [-0.05, 0) is 32.4 Å². The van der Waals surface area contributed by atoms with Crippen molar-refractivity contribution >= 4 is 5.91 Å². The number of hydrogen-bond acceptors (Lipinski definition) is 6. The molecule has 0 N–H and O–H groups in total. The highest BCUT2D eigenvalue weighted by Crippen LogP contribution is 2.25. The number of rotatable bonds is 2. The van der Waals surface area contributed by atoms with Crippen LogP contribution in [0.15, 0.2) is 37.2 Å². The van der Waals surface area contributed by atoms with Crippen LogP contribution in [-0.4, -0.2) is 48.8 Å². The number of aromatic nitrogens is 5. The summed E-state index contributed by atoms with van der Waals surface area (Å²) in [5.74, 6) is -0.0516.